The summed E-state index contributed by atoms with van der Waals surface area (Å²) in [4.78, 5) is 0. The second-order valence-corrected chi connectivity index (χ2v) is 9.88. The standard InChI is InChI=1S/C26H35F3/c1-3-5-18-14-22-16-23(26(28,29)25(22)24(27)15-18)21-12-10-20(11-13-21)19-8-6-17(4-2)7-9-19/h4,14-15,17,19-21,23H,2-3,5-13,16H2,1H3. The molecule has 4 rings (SSSR count). The van der Waals surface area contributed by atoms with Gasteiger partial charge in [-0.3, -0.25) is 0 Å². The van der Waals surface area contributed by atoms with Crippen LogP contribution in [0.3, 0.4) is 0 Å². The lowest BCUT2D eigenvalue weighted by Gasteiger charge is -2.39. The van der Waals surface area contributed by atoms with Gasteiger partial charge in [0.15, 0.2) is 0 Å². The van der Waals surface area contributed by atoms with E-state index in [0.717, 1.165) is 50.0 Å². The summed E-state index contributed by atoms with van der Waals surface area (Å²) in [6.45, 7) is 5.96. The monoisotopic (exact) mass is 404 g/mol. The van der Waals surface area contributed by atoms with Gasteiger partial charge in [-0.1, -0.05) is 25.5 Å². The molecule has 29 heavy (non-hydrogen) atoms. The number of hydrogen-bond donors (Lipinski definition) is 0. The summed E-state index contributed by atoms with van der Waals surface area (Å²) in [5.74, 6) is -2.28. The van der Waals surface area contributed by atoms with Crippen molar-refractivity contribution in [3.05, 3.63) is 47.3 Å². The number of fused-ring (bicyclic) bond motifs is 1. The quantitative estimate of drug-likeness (QED) is 0.438. The fourth-order valence-corrected chi connectivity index (χ4v) is 6.58. The van der Waals surface area contributed by atoms with E-state index in [9.17, 15) is 4.39 Å². The Labute approximate surface area is 174 Å². The van der Waals surface area contributed by atoms with Crippen LogP contribution in [0.2, 0.25) is 0 Å². The minimum Gasteiger partial charge on any atom is -0.206 e. The first kappa shape index (κ1) is 21.0. The minimum absolute atomic E-state index is 0.0205. The van der Waals surface area contributed by atoms with Crippen LogP contribution >= 0.6 is 0 Å². The number of rotatable bonds is 5. The van der Waals surface area contributed by atoms with Gasteiger partial charge in [0.2, 0.25) is 0 Å². The summed E-state index contributed by atoms with van der Waals surface area (Å²) in [6.07, 6.45) is 13.0. The number of alkyl halides is 2. The zero-order valence-electron chi connectivity index (χ0n) is 17.7. The molecule has 2 fully saturated rings. The third-order valence-electron chi connectivity index (χ3n) is 8.21. The Balaban J connectivity index is 1.41. The van der Waals surface area contributed by atoms with Crippen LogP contribution in [0.25, 0.3) is 0 Å². The fourth-order valence-electron chi connectivity index (χ4n) is 6.58. The summed E-state index contributed by atoms with van der Waals surface area (Å²) in [6, 6.07) is 3.19. The molecule has 0 amide bonds. The van der Waals surface area contributed by atoms with Gasteiger partial charge in [-0.2, -0.15) is 0 Å². The van der Waals surface area contributed by atoms with Crippen molar-refractivity contribution < 1.29 is 13.2 Å². The van der Waals surface area contributed by atoms with E-state index >= 15 is 8.78 Å². The van der Waals surface area contributed by atoms with E-state index in [-0.39, 0.29) is 11.5 Å². The normalized spacial score (nSPS) is 34.0. The van der Waals surface area contributed by atoms with Gasteiger partial charge in [-0.25, -0.2) is 13.2 Å². The predicted octanol–water partition coefficient (Wildman–Crippen LogP) is 7.84. The van der Waals surface area contributed by atoms with Crippen molar-refractivity contribution in [2.45, 2.75) is 83.5 Å². The van der Waals surface area contributed by atoms with E-state index in [0.29, 0.717) is 23.8 Å². The average molecular weight is 405 g/mol. The van der Waals surface area contributed by atoms with E-state index in [1.54, 1.807) is 0 Å². The Morgan fingerprint density at radius 1 is 0.966 bits per heavy atom. The van der Waals surface area contributed by atoms with Crippen LogP contribution in [0.4, 0.5) is 13.2 Å². The molecule has 3 heteroatoms. The van der Waals surface area contributed by atoms with E-state index < -0.39 is 17.7 Å². The molecule has 0 radical (unpaired) electrons. The van der Waals surface area contributed by atoms with E-state index in [1.165, 1.54) is 31.7 Å². The van der Waals surface area contributed by atoms with Crippen LogP contribution < -0.4 is 0 Å². The molecule has 0 heterocycles. The fraction of sp³-hybridized carbons (Fsp3) is 0.692. The highest BCUT2D eigenvalue weighted by Gasteiger charge is 2.53. The second-order valence-electron chi connectivity index (χ2n) is 9.88. The number of allylic oxidation sites excluding steroid dienone is 1. The highest BCUT2D eigenvalue weighted by molar-refractivity contribution is 5.41. The topological polar surface area (TPSA) is 0 Å². The molecule has 1 aromatic carbocycles. The van der Waals surface area contributed by atoms with Gasteiger partial charge in [0, 0.05) is 5.92 Å². The predicted molar refractivity (Wildman–Crippen MR) is 113 cm³/mol. The van der Waals surface area contributed by atoms with Gasteiger partial charge in [-0.05, 0) is 105 Å². The first-order valence-corrected chi connectivity index (χ1v) is 11.8. The summed E-state index contributed by atoms with van der Waals surface area (Å²) in [5, 5.41) is 0. The molecule has 1 aromatic rings. The molecule has 0 saturated heterocycles. The molecule has 160 valence electrons. The minimum atomic E-state index is -3.02. The molecule has 3 aliphatic rings. The van der Waals surface area contributed by atoms with E-state index in [2.05, 4.69) is 12.7 Å². The number of halogens is 3. The summed E-state index contributed by atoms with van der Waals surface area (Å²) >= 11 is 0. The highest BCUT2D eigenvalue weighted by atomic mass is 19.3. The third kappa shape index (κ3) is 4.03. The maximum absolute atomic E-state index is 15.2. The lowest BCUT2D eigenvalue weighted by molar-refractivity contribution is -0.0853. The maximum atomic E-state index is 15.2. The number of aryl methyl sites for hydroxylation is 1. The van der Waals surface area contributed by atoms with Crippen LogP contribution in [0.5, 0.6) is 0 Å². The Bertz CT molecular complexity index is 722. The lowest BCUT2D eigenvalue weighted by Crippen LogP contribution is -2.33. The van der Waals surface area contributed by atoms with Crippen molar-refractivity contribution in [2.75, 3.05) is 0 Å². The molecule has 0 N–H and O–H groups in total. The largest absolute Gasteiger partial charge is 0.279 e. The van der Waals surface area contributed by atoms with E-state index in [1.807, 2.05) is 13.0 Å². The number of hydrogen-bond acceptors (Lipinski definition) is 0. The highest BCUT2D eigenvalue weighted by Crippen LogP contribution is 2.54. The SMILES string of the molecule is C=CC1CCC(C2CCC(C3Cc4cc(CCC)cc(F)c4C3(F)F)CC2)CC1. The van der Waals surface area contributed by atoms with Crippen molar-refractivity contribution in [3.8, 4) is 0 Å². The van der Waals surface area contributed by atoms with Crippen molar-refractivity contribution >= 4 is 0 Å². The Morgan fingerprint density at radius 2 is 1.55 bits per heavy atom. The molecular formula is C26H35F3. The number of benzene rings is 1. The first-order chi connectivity index (χ1) is 13.9. The summed E-state index contributed by atoms with van der Waals surface area (Å²) < 4.78 is 45.1. The molecular weight excluding hydrogens is 369 g/mol. The van der Waals surface area contributed by atoms with Gasteiger partial charge < -0.3 is 0 Å². The Hall–Kier alpha value is -1.25. The summed E-state index contributed by atoms with van der Waals surface area (Å²) in [5.41, 5.74) is 1.12. The van der Waals surface area contributed by atoms with Crippen LogP contribution in [0.15, 0.2) is 24.8 Å². The van der Waals surface area contributed by atoms with Gasteiger partial charge in [0.05, 0.1) is 5.56 Å². The zero-order chi connectivity index (χ0) is 20.6. The molecule has 0 nitrogen and oxygen atoms in total. The molecule has 1 unspecified atom stereocenters. The van der Waals surface area contributed by atoms with Crippen molar-refractivity contribution in [1.82, 2.24) is 0 Å². The Morgan fingerprint density at radius 3 is 2.14 bits per heavy atom. The molecule has 0 spiro atoms. The first-order valence-electron chi connectivity index (χ1n) is 11.8. The molecule has 2 saturated carbocycles. The van der Waals surface area contributed by atoms with Crippen molar-refractivity contribution in [1.29, 1.82) is 0 Å². The third-order valence-corrected chi connectivity index (χ3v) is 8.21. The van der Waals surface area contributed by atoms with Crippen LogP contribution in [0.1, 0.15) is 81.4 Å². The van der Waals surface area contributed by atoms with Gasteiger partial charge in [-0.15, -0.1) is 6.58 Å². The smallest absolute Gasteiger partial charge is 0.206 e. The van der Waals surface area contributed by atoms with Crippen LogP contribution in [-0.4, -0.2) is 0 Å². The van der Waals surface area contributed by atoms with Gasteiger partial charge in [0.25, 0.3) is 5.92 Å². The molecule has 3 aliphatic carbocycles. The van der Waals surface area contributed by atoms with Crippen LogP contribution in [-0.2, 0) is 18.8 Å². The van der Waals surface area contributed by atoms with E-state index in [4.69, 9.17) is 0 Å². The van der Waals surface area contributed by atoms with Gasteiger partial charge in [0.1, 0.15) is 5.82 Å². The van der Waals surface area contributed by atoms with Crippen molar-refractivity contribution in [3.63, 3.8) is 0 Å². The maximum Gasteiger partial charge on any atom is 0.279 e. The molecule has 1 atom stereocenters. The van der Waals surface area contributed by atoms with Crippen LogP contribution in [0, 0.1) is 35.4 Å². The molecule has 0 aromatic heterocycles. The second kappa shape index (κ2) is 8.47. The lowest BCUT2D eigenvalue weighted by atomic mass is 9.67. The van der Waals surface area contributed by atoms with Crippen molar-refractivity contribution in [2.24, 2.45) is 29.6 Å². The van der Waals surface area contributed by atoms with Gasteiger partial charge >= 0.3 is 0 Å². The average Bonchev–Trinajstić information content (AvgIpc) is 2.99. The zero-order valence-corrected chi connectivity index (χ0v) is 17.7. The molecule has 0 aliphatic heterocycles. The summed E-state index contributed by atoms with van der Waals surface area (Å²) in [7, 11) is 0. The Kier molecular flexibility index (Phi) is 6.14. The molecule has 0 bridgehead atoms.